The van der Waals surface area contributed by atoms with Crippen LogP contribution in [-0.2, 0) is 4.79 Å². The molecule has 0 aliphatic heterocycles. The Balaban J connectivity index is 0. The van der Waals surface area contributed by atoms with Gasteiger partial charge in [0.15, 0.2) is 0 Å². The summed E-state index contributed by atoms with van der Waals surface area (Å²) in [5, 5.41) is 17.5. The molecule has 0 fully saturated rings. The Kier molecular flexibility index (Phi) is 9.27. The lowest BCUT2D eigenvalue weighted by Gasteiger charge is -1.95. The van der Waals surface area contributed by atoms with Crippen molar-refractivity contribution in [3.05, 3.63) is 36.1 Å². The van der Waals surface area contributed by atoms with Crippen LogP contribution in [0.1, 0.15) is 20.8 Å². The molecule has 0 saturated heterocycles. The van der Waals surface area contributed by atoms with Gasteiger partial charge in [0.1, 0.15) is 11.3 Å². The average molecular weight is 184 g/mol. The number of carbonyl (C=O) groups is 1. The summed E-state index contributed by atoms with van der Waals surface area (Å²) in [6.07, 6.45) is 3.94. The van der Waals surface area contributed by atoms with Gasteiger partial charge in [-0.1, -0.05) is 32.6 Å². The fraction of sp³-hybridized carbons (Fsp3) is 0.300. The molecule has 2 N–H and O–H groups in total. The maximum Gasteiger partial charge on any atom is 0.339 e. The number of carboxylic acids is 1. The maximum absolute atomic E-state index is 10.3. The van der Waals surface area contributed by atoms with E-state index in [0.717, 1.165) is 6.08 Å². The van der Waals surface area contributed by atoms with E-state index in [2.05, 4.69) is 6.58 Å². The van der Waals surface area contributed by atoms with Crippen LogP contribution in [0, 0.1) is 0 Å². The Labute approximate surface area is 78.7 Å². The summed E-state index contributed by atoms with van der Waals surface area (Å²) in [5.41, 5.74) is -0.192. The number of aliphatic carboxylic acids is 1. The van der Waals surface area contributed by atoms with E-state index >= 15 is 0 Å². The van der Waals surface area contributed by atoms with E-state index < -0.39 is 5.97 Å². The molecule has 74 valence electrons. The molecule has 0 unspecified atom stereocenters. The smallest absolute Gasteiger partial charge is 0.339 e. The van der Waals surface area contributed by atoms with Gasteiger partial charge in [-0.2, -0.15) is 0 Å². The first kappa shape index (κ1) is 14.0. The summed E-state index contributed by atoms with van der Waals surface area (Å²) in [5.74, 6) is -1.47. The highest BCUT2D eigenvalue weighted by Crippen LogP contribution is 2.03. The Hall–Kier alpha value is -1.51. The maximum atomic E-state index is 10.3. The molecule has 0 aliphatic carbocycles. The van der Waals surface area contributed by atoms with Crippen LogP contribution in [0.3, 0.4) is 0 Å². The molecule has 0 atom stereocenters. The van der Waals surface area contributed by atoms with E-state index in [1.165, 1.54) is 6.08 Å². The largest absolute Gasteiger partial charge is 0.507 e. The summed E-state index contributed by atoms with van der Waals surface area (Å²) < 4.78 is 0. The Morgan fingerprint density at radius 3 is 2.00 bits per heavy atom. The Morgan fingerprint density at radius 2 is 1.77 bits per heavy atom. The van der Waals surface area contributed by atoms with Gasteiger partial charge in [-0.05, 0) is 13.0 Å². The lowest BCUT2D eigenvalue weighted by Crippen LogP contribution is -2.00. The predicted octanol–water partition coefficient (Wildman–Crippen LogP) is 2.67. The van der Waals surface area contributed by atoms with Crippen LogP contribution in [0.5, 0.6) is 0 Å². The van der Waals surface area contributed by atoms with Crippen LogP contribution >= 0.6 is 0 Å². The minimum atomic E-state index is -1.18. The van der Waals surface area contributed by atoms with Crippen molar-refractivity contribution < 1.29 is 15.0 Å². The zero-order chi connectivity index (χ0) is 10.9. The number of aliphatic hydroxyl groups is 1. The van der Waals surface area contributed by atoms with Crippen molar-refractivity contribution >= 4 is 5.97 Å². The zero-order valence-electron chi connectivity index (χ0n) is 8.24. The van der Waals surface area contributed by atoms with Gasteiger partial charge in [0.2, 0.25) is 0 Å². The van der Waals surface area contributed by atoms with Crippen molar-refractivity contribution in [2.24, 2.45) is 0 Å². The van der Waals surface area contributed by atoms with Crippen LogP contribution in [-0.4, -0.2) is 16.2 Å². The molecule has 0 aromatic rings. The molecule has 0 aromatic heterocycles. The number of allylic oxidation sites excluding steroid dienone is 2. The van der Waals surface area contributed by atoms with Crippen molar-refractivity contribution in [3.8, 4) is 0 Å². The molecule has 0 saturated carbocycles. The van der Waals surface area contributed by atoms with Gasteiger partial charge in [-0.15, -0.1) is 0 Å². The van der Waals surface area contributed by atoms with Crippen LogP contribution in [0.15, 0.2) is 36.1 Å². The lowest BCUT2D eigenvalue weighted by atomic mass is 10.2. The second-order valence-corrected chi connectivity index (χ2v) is 1.81. The quantitative estimate of drug-likeness (QED) is 0.402. The first-order chi connectivity index (χ1) is 6.13. The normalized spacial score (nSPS) is 11.3. The topological polar surface area (TPSA) is 57.5 Å². The van der Waals surface area contributed by atoms with Gasteiger partial charge < -0.3 is 10.2 Å². The van der Waals surface area contributed by atoms with E-state index in [1.807, 2.05) is 13.8 Å². The van der Waals surface area contributed by atoms with E-state index in [4.69, 9.17) is 10.2 Å². The van der Waals surface area contributed by atoms with E-state index in [1.54, 1.807) is 13.0 Å². The van der Waals surface area contributed by atoms with Crippen molar-refractivity contribution in [3.63, 3.8) is 0 Å². The first-order valence-electron chi connectivity index (χ1n) is 4.05. The molecule has 0 bridgehead atoms. The number of carboxylic acid groups (broad SMARTS) is 1. The SMILES string of the molecule is C=C/C(C(=O)O)=C(O)\C=C/C.CC. The van der Waals surface area contributed by atoms with E-state index in [-0.39, 0.29) is 11.3 Å². The molecule has 13 heavy (non-hydrogen) atoms. The summed E-state index contributed by atoms with van der Waals surface area (Å²) in [7, 11) is 0. The number of hydrogen-bond donors (Lipinski definition) is 2. The third-order valence-corrected chi connectivity index (χ3v) is 1.04. The number of hydrogen-bond acceptors (Lipinski definition) is 2. The zero-order valence-corrected chi connectivity index (χ0v) is 8.24. The molecule has 0 aromatic carbocycles. The summed E-state index contributed by atoms with van der Waals surface area (Å²) in [6, 6.07) is 0. The Bertz CT molecular complexity index is 224. The fourth-order valence-corrected chi connectivity index (χ4v) is 0.549. The summed E-state index contributed by atoms with van der Waals surface area (Å²) in [4.78, 5) is 10.3. The van der Waals surface area contributed by atoms with Crippen LogP contribution in [0.2, 0.25) is 0 Å². The fourth-order valence-electron chi connectivity index (χ4n) is 0.549. The molecule has 3 nitrogen and oxygen atoms in total. The highest BCUT2D eigenvalue weighted by Gasteiger charge is 2.06. The molecule has 0 aliphatic rings. The number of rotatable bonds is 3. The van der Waals surface area contributed by atoms with Gasteiger partial charge in [0.25, 0.3) is 0 Å². The summed E-state index contributed by atoms with van der Waals surface area (Å²) in [6.45, 7) is 8.93. The van der Waals surface area contributed by atoms with Gasteiger partial charge in [-0.25, -0.2) is 4.79 Å². The minimum absolute atomic E-state index is 0.192. The van der Waals surface area contributed by atoms with Crippen LogP contribution < -0.4 is 0 Å². The molecule has 0 amide bonds. The molecule has 0 heterocycles. The second-order valence-electron chi connectivity index (χ2n) is 1.81. The molecule has 3 heteroatoms. The van der Waals surface area contributed by atoms with Crippen molar-refractivity contribution in [2.45, 2.75) is 20.8 Å². The predicted molar refractivity (Wildman–Crippen MR) is 53.6 cm³/mol. The average Bonchev–Trinajstić information content (AvgIpc) is 2.09. The first-order valence-corrected chi connectivity index (χ1v) is 4.05. The van der Waals surface area contributed by atoms with Crippen molar-refractivity contribution in [2.75, 3.05) is 0 Å². The lowest BCUT2D eigenvalue weighted by molar-refractivity contribution is -0.132. The van der Waals surface area contributed by atoms with E-state index in [9.17, 15) is 4.79 Å². The van der Waals surface area contributed by atoms with Gasteiger partial charge in [0, 0.05) is 0 Å². The van der Waals surface area contributed by atoms with Crippen molar-refractivity contribution in [1.29, 1.82) is 0 Å². The third-order valence-electron chi connectivity index (χ3n) is 1.04. The molecule has 0 spiro atoms. The van der Waals surface area contributed by atoms with Gasteiger partial charge in [-0.3, -0.25) is 0 Å². The van der Waals surface area contributed by atoms with E-state index in [0.29, 0.717) is 0 Å². The van der Waals surface area contributed by atoms with Crippen LogP contribution in [0.4, 0.5) is 0 Å². The highest BCUT2D eigenvalue weighted by molar-refractivity contribution is 5.90. The summed E-state index contributed by atoms with van der Waals surface area (Å²) >= 11 is 0. The monoisotopic (exact) mass is 184 g/mol. The van der Waals surface area contributed by atoms with Crippen molar-refractivity contribution in [1.82, 2.24) is 0 Å². The molecule has 0 radical (unpaired) electrons. The standard InChI is InChI=1S/C8H10O3.C2H6/c1-3-5-7(9)6(4-2)8(10)11;1-2/h3-5,9H,2H2,1H3,(H,10,11);1-2H3/b5-3-,7-6-;. The molecular weight excluding hydrogens is 168 g/mol. The third kappa shape index (κ3) is 5.73. The molecule has 0 rings (SSSR count). The van der Waals surface area contributed by atoms with Crippen LogP contribution in [0.25, 0.3) is 0 Å². The molecular formula is C10H16O3. The van der Waals surface area contributed by atoms with Gasteiger partial charge in [0.05, 0.1) is 0 Å². The highest BCUT2D eigenvalue weighted by atomic mass is 16.4. The second kappa shape index (κ2) is 8.59. The Morgan fingerprint density at radius 1 is 1.31 bits per heavy atom. The van der Waals surface area contributed by atoms with Gasteiger partial charge >= 0.3 is 5.97 Å². The minimum Gasteiger partial charge on any atom is -0.507 e. The number of aliphatic hydroxyl groups excluding tert-OH is 1.